The second kappa shape index (κ2) is 5.85. The van der Waals surface area contributed by atoms with Crippen LogP contribution in [0.4, 0.5) is 0 Å². The van der Waals surface area contributed by atoms with Crippen molar-refractivity contribution in [3.05, 3.63) is 0 Å². The third-order valence-corrected chi connectivity index (χ3v) is 4.14. The molecule has 1 heterocycles. The molecule has 0 aromatic heterocycles. The molecular weight excluding hydrogens is 212 g/mol. The van der Waals surface area contributed by atoms with Crippen molar-refractivity contribution in [3.8, 4) is 0 Å². The molecule has 3 unspecified atom stereocenters. The van der Waals surface area contributed by atoms with Gasteiger partial charge in [0.2, 0.25) is 5.91 Å². The molecule has 17 heavy (non-hydrogen) atoms. The van der Waals surface area contributed by atoms with Crippen molar-refractivity contribution in [2.45, 2.75) is 64.5 Å². The zero-order chi connectivity index (χ0) is 12.3. The van der Waals surface area contributed by atoms with Gasteiger partial charge in [0.25, 0.3) is 0 Å². The standard InChI is InChI=1S/C14H26N2O/c1-10-6-11(2)8-13(7-10)16-14(17)9-12-4-3-5-15-12/h10-13,15H,3-9H2,1-2H3,(H,16,17). The molecule has 0 bridgehead atoms. The quantitative estimate of drug-likeness (QED) is 0.790. The number of carbonyl (C=O) groups is 1. The fourth-order valence-corrected chi connectivity index (χ4v) is 3.51. The van der Waals surface area contributed by atoms with Crippen LogP contribution in [0.2, 0.25) is 0 Å². The van der Waals surface area contributed by atoms with Gasteiger partial charge in [0.05, 0.1) is 0 Å². The van der Waals surface area contributed by atoms with Crippen molar-refractivity contribution in [2.75, 3.05) is 6.54 Å². The highest BCUT2D eigenvalue weighted by molar-refractivity contribution is 5.76. The topological polar surface area (TPSA) is 41.1 Å². The highest BCUT2D eigenvalue weighted by atomic mass is 16.1. The highest BCUT2D eigenvalue weighted by Crippen LogP contribution is 2.28. The first-order chi connectivity index (χ1) is 8.13. The van der Waals surface area contributed by atoms with E-state index in [4.69, 9.17) is 0 Å². The predicted octanol–water partition coefficient (Wildman–Crippen LogP) is 2.07. The number of rotatable bonds is 3. The summed E-state index contributed by atoms with van der Waals surface area (Å²) in [5.74, 6) is 1.76. The summed E-state index contributed by atoms with van der Waals surface area (Å²) < 4.78 is 0. The first-order valence-corrected chi connectivity index (χ1v) is 7.16. The van der Waals surface area contributed by atoms with Crippen LogP contribution in [0.1, 0.15) is 52.4 Å². The van der Waals surface area contributed by atoms with Gasteiger partial charge in [-0.3, -0.25) is 4.79 Å². The highest BCUT2D eigenvalue weighted by Gasteiger charge is 2.26. The van der Waals surface area contributed by atoms with Gasteiger partial charge in [-0.05, 0) is 50.5 Å². The average Bonchev–Trinajstić information content (AvgIpc) is 2.67. The normalized spacial score (nSPS) is 38.0. The molecule has 3 atom stereocenters. The SMILES string of the molecule is CC1CC(C)CC(NC(=O)CC2CCCN2)C1. The van der Waals surface area contributed by atoms with E-state index in [0.29, 0.717) is 18.5 Å². The number of hydrogen-bond acceptors (Lipinski definition) is 2. The van der Waals surface area contributed by atoms with Crippen molar-refractivity contribution in [1.29, 1.82) is 0 Å². The van der Waals surface area contributed by atoms with Crippen LogP contribution in [0.15, 0.2) is 0 Å². The van der Waals surface area contributed by atoms with E-state index in [-0.39, 0.29) is 5.91 Å². The second-order valence-electron chi connectivity index (χ2n) is 6.18. The van der Waals surface area contributed by atoms with Gasteiger partial charge in [-0.25, -0.2) is 0 Å². The zero-order valence-electron chi connectivity index (χ0n) is 11.2. The lowest BCUT2D eigenvalue weighted by Gasteiger charge is -2.32. The minimum absolute atomic E-state index is 0.246. The minimum Gasteiger partial charge on any atom is -0.353 e. The summed E-state index contributed by atoms with van der Waals surface area (Å²) in [7, 11) is 0. The molecule has 1 saturated heterocycles. The van der Waals surface area contributed by atoms with Gasteiger partial charge in [-0.2, -0.15) is 0 Å². The summed E-state index contributed by atoms with van der Waals surface area (Å²) in [6.45, 7) is 5.68. The Kier molecular flexibility index (Phi) is 4.43. The van der Waals surface area contributed by atoms with E-state index >= 15 is 0 Å². The summed E-state index contributed by atoms with van der Waals surface area (Å²) in [5.41, 5.74) is 0. The van der Waals surface area contributed by atoms with E-state index in [1.54, 1.807) is 0 Å². The summed E-state index contributed by atoms with van der Waals surface area (Å²) in [6, 6.07) is 0.844. The van der Waals surface area contributed by atoms with E-state index < -0.39 is 0 Å². The van der Waals surface area contributed by atoms with E-state index in [1.807, 2.05) is 0 Å². The summed E-state index contributed by atoms with van der Waals surface area (Å²) >= 11 is 0. The van der Waals surface area contributed by atoms with Crippen LogP contribution in [0.5, 0.6) is 0 Å². The maximum atomic E-state index is 11.9. The Morgan fingerprint density at radius 2 is 1.94 bits per heavy atom. The van der Waals surface area contributed by atoms with Crippen molar-refractivity contribution in [2.24, 2.45) is 11.8 Å². The molecule has 0 radical (unpaired) electrons. The van der Waals surface area contributed by atoms with E-state index in [9.17, 15) is 4.79 Å². The molecule has 98 valence electrons. The fourth-order valence-electron chi connectivity index (χ4n) is 3.51. The first kappa shape index (κ1) is 12.9. The van der Waals surface area contributed by atoms with Gasteiger partial charge < -0.3 is 10.6 Å². The third kappa shape index (κ3) is 3.98. The molecule has 1 aliphatic carbocycles. The smallest absolute Gasteiger partial charge is 0.221 e. The van der Waals surface area contributed by atoms with Gasteiger partial charge >= 0.3 is 0 Å². The lowest BCUT2D eigenvalue weighted by molar-refractivity contribution is -0.122. The van der Waals surface area contributed by atoms with Crippen molar-refractivity contribution >= 4 is 5.91 Å². The van der Waals surface area contributed by atoms with Crippen LogP contribution in [0.25, 0.3) is 0 Å². The molecule has 1 saturated carbocycles. The molecule has 1 aliphatic heterocycles. The largest absolute Gasteiger partial charge is 0.353 e. The summed E-state index contributed by atoms with van der Waals surface area (Å²) in [5, 5.41) is 6.61. The Morgan fingerprint density at radius 3 is 2.53 bits per heavy atom. The Balaban J connectivity index is 1.73. The maximum Gasteiger partial charge on any atom is 0.221 e. The monoisotopic (exact) mass is 238 g/mol. The van der Waals surface area contributed by atoms with Crippen molar-refractivity contribution in [1.82, 2.24) is 10.6 Å². The molecule has 0 aromatic rings. The van der Waals surface area contributed by atoms with Crippen LogP contribution < -0.4 is 10.6 Å². The van der Waals surface area contributed by atoms with Crippen LogP contribution in [0.3, 0.4) is 0 Å². The van der Waals surface area contributed by atoms with Crippen molar-refractivity contribution in [3.63, 3.8) is 0 Å². The zero-order valence-corrected chi connectivity index (χ0v) is 11.2. The molecule has 2 fully saturated rings. The molecule has 2 aliphatic rings. The number of nitrogens with one attached hydrogen (secondary N) is 2. The molecule has 1 amide bonds. The lowest BCUT2D eigenvalue weighted by Crippen LogP contribution is -2.42. The molecule has 3 heteroatoms. The first-order valence-electron chi connectivity index (χ1n) is 7.16. The van der Waals surface area contributed by atoms with Crippen LogP contribution in [-0.2, 0) is 4.79 Å². The summed E-state index contributed by atoms with van der Waals surface area (Å²) in [6.07, 6.45) is 6.68. The number of amides is 1. The average molecular weight is 238 g/mol. The second-order valence-corrected chi connectivity index (χ2v) is 6.18. The Labute approximate surface area is 105 Å². The van der Waals surface area contributed by atoms with E-state index in [1.165, 1.54) is 12.8 Å². The van der Waals surface area contributed by atoms with Gasteiger partial charge in [-0.15, -0.1) is 0 Å². The maximum absolute atomic E-state index is 11.9. The minimum atomic E-state index is 0.246. The number of hydrogen-bond donors (Lipinski definition) is 2. The molecule has 2 N–H and O–H groups in total. The van der Waals surface area contributed by atoms with Crippen LogP contribution >= 0.6 is 0 Å². The van der Waals surface area contributed by atoms with E-state index in [2.05, 4.69) is 24.5 Å². The molecule has 0 spiro atoms. The van der Waals surface area contributed by atoms with E-state index in [0.717, 1.165) is 37.6 Å². The van der Waals surface area contributed by atoms with Gasteiger partial charge in [0, 0.05) is 18.5 Å². The Hall–Kier alpha value is -0.570. The van der Waals surface area contributed by atoms with Gasteiger partial charge in [-0.1, -0.05) is 13.8 Å². The molecular formula is C14H26N2O. The van der Waals surface area contributed by atoms with Gasteiger partial charge in [0.1, 0.15) is 0 Å². The van der Waals surface area contributed by atoms with Crippen LogP contribution in [-0.4, -0.2) is 24.5 Å². The molecule has 0 aromatic carbocycles. The Bertz CT molecular complexity index is 251. The summed E-state index contributed by atoms with van der Waals surface area (Å²) in [4.78, 5) is 11.9. The fraction of sp³-hybridized carbons (Fsp3) is 0.929. The predicted molar refractivity (Wildman–Crippen MR) is 69.8 cm³/mol. The molecule has 2 rings (SSSR count). The van der Waals surface area contributed by atoms with Gasteiger partial charge in [0.15, 0.2) is 0 Å². The van der Waals surface area contributed by atoms with Crippen molar-refractivity contribution < 1.29 is 4.79 Å². The Morgan fingerprint density at radius 1 is 1.24 bits per heavy atom. The molecule has 3 nitrogen and oxygen atoms in total. The third-order valence-electron chi connectivity index (χ3n) is 4.14. The number of carbonyl (C=O) groups excluding carboxylic acids is 1. The van der Waals surface area contributed by atoms with Crippen LogP contribution in [0, 0.1) is 11.8 Å². The lowest BCUT2D eigenvalue weighted by atomic mass is 9.80.